The number of benzene rings is 3. The topological polar surface area (TPSA) is 67.0 Å². The van der Waals surface area contributed by atoms with E-state index in [9.17, 15) is 4.79 Å². The quantitative estimate of drug-likeness (QED) is 0.330. The Morgan fingerprint density at radius 1 is 0.967 bits per heavy atom. The van der Waals surface area contributed by atoms with E-state index in [0.29, 0.717) is 35.3 Å². The maximum absolute atomic E-state index is 12.3. The van der Waals surface area contributed by atoms with Gasteiger partial charge in [0.25, 0.3) is 0 Å². The number of amides is 1. The van der Waals surface area contributed by atoms with Gasteiger partial charge < -0.3 is 10.1 Å². The third-order valence-corrected chi connectivity index (χ3v) is 5.37. The average molecular weight is 440 g/mol. The summed E-state index contributed by atoms with van der Waals surface area (Å²) in [7, 11) is 0. The minimum absolute atomic E-state index is 0.103. The summed E-state index contributed by atoms with van der Waals surface area (Å²) in [6.07, 6.45) is 0.965. The fourth-order valence-corrected chi connectivity index (χ4v) is 3.40. The van der Waals surface area contributed by atoms with Crippen molar-refractivity contribution >= 4 is 45.8 Å². The van der Waals surface area contributed by atoms with Crippen LogP contribution in [0.4, 0.5) is 5.82 Å². The molecule has 152 valence electrons. The van der Waals surface area contributed by atoms with Gasteiger partial charge in [0.2, 0.25) is 5.91 Å². The molecule has 0 aliphatic rings. The van der Waals surface area contributed by atoms with Crippen LogP contribution in [0.2, 0.25) is 10.0 Å². The molecular weight excluding hydrogens is 421 g/mol. The third-order valence-electron chi connectivity index (χ3n) is 4.63. The fourth-order valence-electron chi connectivity index (χ4n) is 3.10. The van der Waals surface area contributed by atoms with Gasteiger partial charge in [-0.25, -0.2) is 0 Å². The van der Waals surface area contributed by atoms with Crippen LogP contribution in [0.1, 0.15) is 12.8 Å². The molecule has 0 bridgehead atoms. The van der Waals surface area contributed by atoms with E-state index in [-0.39, 0.29) is 5.91 Å². The molecule has 4 aromatic rings. The Kier molecular flexibility index (Phi) is 6.21. The molecule has 4 rings (SSSR count). The molecule has 1 aromatic heterocycles. The van der Waals surface area contributed by atoms with Crippen LogP contribution in [0.5, 0.6) is 5.75 Å². The number of fused-ring (bicyclic) bond motifs is 1. The van der Waals surface area contributed by atoms with Gasteiger partial charge in [-0.1, -0.05) is 53.5 Å². The number of anilines is 1. The molecule has 0 fully saturated rings. The van der Waals surface area contributed by atoms with Gasteiger partial charge in [-0.2, -0.15) is 5.10 Å². The van der Waals surface area contributed by atoms with Crippen molar-refractivity contribution in [2.75, 3.05) is 11.9 Å². The zero-order chi connectivity index (χ0) is 20.9. The van der Waals surface area contributed by atoms with E-state index in [0.717, 1.165) is 27.8 Å². The van der Waals surface area contributed by atoms with E-state index in [1.165, 1.54) is 0 Å². The maximum atomic E-state index is 12.3. The van der Waals surface area contributed by atoms with Gasteiger partial charge in [-0.05, 0) is 53.9 Å². The van der Waals surface area contributed by atoms with Gasteiger partial charge in [-0.3, -0.25) is 9.89 Å². The maximum Gasteiger partial charge on any atom is 0.225 e. The van der Waals surface area contributed by atoms with Crippen molar-refractivity contribution in [2.45, 2.75) is 12.8 Å². The Balaban J connectivity index is 1.37. The number of hydrogen-bond acceptors (Lipinski definition) is 3. The number of hydrogen-bond donors (Lipinski definition) is 2. The van der Waals surface area contributed by atoms with Gasteiger partial charge >= 0.3 is 0 Å². The molecule has 0 radical (unpaired) electrons. The van der Waals surface area contributed by atoms with E-state index in [1.54, 1.807) is 6.07 Å². The highest BCUT2D eigenvalue weighted by Crippen LogP contribution is 2.31. The summed E-state index contributed by atoms with van der Waals surface area (Å²) in [6.45, 7) is 0.478. The molecule has 3 aromatic carbocycles. The highest BCUT2D eigenvalue weighted by molar-refractivity contribution is 6.42. The second-order valence-electron chi connectivity index (χ2n) is 6.77. The van der Waals surface area contributed by atoms with Crippen molar-refractivity contribution in [2.24, 2.45) is 0 Å². The Morgan fingerprint density at radius 2 is 1.73 bits per heavy atom. The molecule has 0 unspecified atom stereocenters. The standard InChI is InChI=1S/C23H19Cl2N3O2/c24-19-11-9-15(13-20(19)25)16-8-10-18-21(14-16)27-28-23(18)26-22(29)7-4-12-30-17-5-2-1-3-6-17/h1-3,5-6,8-11,13-14H,4,7,12H2,(H2,26,27,28,29). The number of rotatable bonds is 7. The van der Waals surface area contributed by atoms with Crippen molar-refractivity contribution in [1.82, 2.24) is 10.2 Å². The number of nitrogens with zero attached hydrogens (tertiary/aromatic N) is 1. The average Bonchev–Trinajstić information content (AvgIpc) is 3.16. The zero-order valence-electron chi connectivity index (χ0n) is 16.0. The van der Waals surface area contributed by atoms with Crippen LogP contribution in [-0.2, 0) is 4.79 Å². The molecule has 1 heterocycles. The molecule has 1 amide bonds. The van der Waals surface area contributed by atoms with Crippen molar-refractivity contribution in [3.63, 3.8) is 0 Å². The van der Waals surface area contributed by atoms with Gasteiger partial charge in [0.15, 0.2) is 5.82 Å². The monoisotopic (exact) mass is 439 g/mol. The second kappa shape index (κ2) is 9.20. The first-order valence-corrected chi connectivity index (χ1v) is 10.3. The van der Waals surface area contributed by atoms with E-state index >= 15 is 0 Å². The Morgan fingerprint density at radius 3 is 2.53 bits per heavy atom. The summed E-state index contributed by atoms with van der Waals surface area (Å²) >= 11 is 12.1. The number of carbonyl (C=O) groups is 1. The van der Waals surface area contributed by atoms with Gasteiger partial charge in [0, 0.05) is 11.8 Å². The van der Waals surface area contributed by atoms with Crippen LogP contribution in [-0.4, -0.2) is 22.7 Å². The smallest absolute Gasteiger partial charge is 0.225 e. The zero-order valence-corrected chi connectivity index (χ0v) is 17.5. The number of halogens is 2. The fraction of sp³-hybridized carbons (Fsp3) is 0.130. The highest BCUT2D eigenvalue weighted by Gasteiger charge is 2.11. The predicted molar refractivity (Wildman–Crippen MR) is 121 cm³/mol. The summed E-state index contributed by atoms with van der Waals surface area (Å²) in [5, 5.41) is 11.9. The minimum Gasteiger partial charge on any atom is -0.494 e. The minimum atomic E-state index is -0.103. The van der Waals surface area contributed by atoms with Crippen LogP contribution < -0.4 is 10.1 Å². The van der Waals surface area contributed by atoms with Gasteiger partial charge in [0.05, 0.1) is 22.2 Å². The number of aromatic nitrogens is 2. The lowest BCUT2D eigenvalue weighted by molar-refractivity contribution is -0.116. The molecule has 7 heteroatoms. The lowest BCUT2D eigenvalue weighted by Crippen LogP contribution is -2.13. The SMILES string of the molecule is O=C(CCCOc1ccccc1)Nc1n[nH]c2cc(-c3ccc(Cl)c(Cl)c3)ccc12. The molecule has 0 aliphatic heterocycles. The molecule has 30 heavy (non-hydrogen) atoms. The van der Waals surface area contributed by atoms with Crippen LogP contribution in [0.3, 0.4) is 0 Å². The lowest BCUT2D eigenvalue weighted by Gasteiger charge is -2.06. The number of nitrogens with one attached hydrogen (secondary N) is 2. The Labute approximate surface area is 184 Å². The van der Waals surface area contributed by atoms with Crippen LogP contribution in [0, 0.1) is 0 Å². The summed E-state index contributed by atoms with van der Waals surface area (Å²) < 4.78 is 5.61. The first-order chi connectivity index (χ1) is 14.6. The van der Waals surface area contributed by atoms with E-state index < -0.39 is 0 Å². The van der Waals surface area contributed by atoms with Crippen LogP contribution >= 0.6 is 23.2 Å². The van der Waals surface area contributed by atoms with Crippen molar-refractivity contribution < 1.29 is 9.53 Å². The van der Waals surface area contributed by atoms with E-state index in [2.05, 4.69) is 15.5 Å². The molecular formula is C23H19Cl2N3O2. The van der Waals surface area contributed by atoms with Crippen LogP contribution in [0.25, 0.3) is 22.0 Å². The highest BCUT2D eigenvalue weighted by atomic mass is 35.5. The summed E-state index contributed by atoms with van der Waals surface area (Å²) in [4.78, 5) is 12.3. The number of carbonyl (C=O) groups excluding carboxylic acids is 1. The summed E-state index contributed by atoms with van der Waals surface area (Å²) in [5.74, 6) is 1.21. The molecule has 2 N–H and O–H groups in total. The second-order valence-corrected chi connectivity index (χ2v) is 7.59. The first-order valence-electron chi connectivity index (χ1n) is 9.51. The normalized spacial score (nSPS) is 10.9. The largest absolute Gasteiger partial charge is 0.494 e. The van der Waals surface area contributed by atoms with Crippen molar-refractivity contribution in [3.05, 3.63) is 76.8 Å². The molecule has 0 spiro atoms. The van der Waals surface area contributed by atoms with E-state index in [4.69, 9.17) is 27.9 Å². The first kappa shape index (κ1) is 20.3. The Hall–Kier alpha value is -3.02. The molecule has 5 nitrogen and oxygen atoms in total. The summed E-state index contributed by atoms with van der Waals surface area (Å²) in [5.41, 5.74) is 2.74. The molecule has 0 aliphatic carbocycles. The number of H-pyrrole nitrogens is 1. The van der Waals surface area contributed by atoms with Gasteiger partial charge in [-0.15, -0.1) is 0 Å². The third kappa shape index (κ3) is 4.75. The van der Waals surface area contributed by atoms with Crippen molar-refractivity contribution in [1.29, 1.82) is 0 Å². The number of para-hydroxylation sites is 1. The predicted octanol–water partition coefficient (Wildman–Crippen LogP) is 6.33. The number of aromatic amines is 1. The summed E-state index contributed by atoms with van der Waals surface area (Å²) in [6, 6.07) is 20.9. The Bertz CT molecular complexity index is 1180. The van der Waals surface area contributed by atoms with Crippen LogP contribution in [0.15, 0.2) is 66.7 Å². The number of ether oxygens (including phenoxy) is 1. The van der Waals surface area contributed by atoms with Crippen molar-refractivity contribution in [3.8, 4) is 16.9 Å². The lowest BCUT2D eigenvalue weighted by atomic mass is 10.0. The van der Waals surface area contributed by atoms with E-state index in [1.807, 2.05) is 60.7 Å². The molecule has 0 atom stereocenters. The molecule has 0 saturated carbocycles. The molecule has 0 saturated heterocycles. The van der Waals surface area contributed by atoms with Gasteiger partial charge in [0.1, 0.15) is 5.75 Å².